The van der Waals surface area contributed by atoms with E-state index in [1.807, 2.05) is 44.2 Å². The number of carbonyl (C=O) groups excluding carboxylic acids is 1. The monoisotopic (exact) mass is 287 g/mol. The molecule has 2 atom stereocenters. The molecule has 0 heterocycles. The van der Waals surface area contributed by atoms with Crippen molar-refractivity contribution in [3.63, 3.8) is 0 Å². The van der Waals surface area contributed by atoms with Crippen LogP contribution in [0, 0.1) is 11.3 Å². The Labute approximate surface area is 127 Å². The predicted octanol–water partition coefficient (Wildman–Crippen LogP) is 2.82. The number of nitrogens with one attached hydrogen (secondary N) is 1. The number of carbonyl (C=O) groups is 1. The summed E-state index contributed by atoms with van der Waals surface area (Å²) in [6.07, 6.45) is 0.639. The molecular weight excluding hydrogens is 262 g/mol. The van der Waals surface area contributed by atoms with E-state index in [0.29, 0.717) is 12.1 Å². The Morgan fingerprint density at radius 1 is 1.33 bits per heavy atom. The first-order valence-corrected chi connectivity index (χ1v) is 7.20. The van der Waals surface area contributed by atoms with E-state index >= 15 is 0 Å². The molecule has 0 spiro atoms. The number of aliphatic imine (C=N–C) groups is 1. The highest BCUT2D eigenvalue weighted by molar-refractivity contribution is 5.91. The summed E-state index contributed by atoms with van der Waals surface area (Å²) >= 11 is 0. The Kier molecular flexibility index (Phi) is 6.28. The van der Waals surface area contributed by atoms with E-state index in [4.69, 9.17) is 5.41 Å². The number of benzene rings is 1. The molecule has 21 heavy (non-hydrogen) atoms. The fourth-order valence-electron chi connectivity index (χ4n) is 2.35. The highest BCUT2D eigenvalue weighted by Gasteiger charge is 2.29. The molecule has 1 N–H and O–H groups in total. The second kappa shape index (κ2) is 7.72. The zero-order valence-electron chi connectivity index (χ0n) is 13.3. The Hall–Kier alpha value is -1.97. The van der Waals surface area contributed by atoms with E-state index < -0.39 is 6.04 Å². The van der Waals surface area contributed by atoms with Gasteiger partial charge < -0.3 is 10.3 Å². The van der Waals surface area contributed by atoms with E-state index in [0.717, 1.165) is 5.56 Å². The third kappa shape index (κ3) is 4.52. The van der Waals surface area contributed by atoms with Crippen LogP contribution in [0.25, 0.3) is 0 Å². The number of likely N-dealkylation sites (N-methyl/N-ethyl adjacent to an activating group) is 1. The maximum Gasteiger partial charge on any atom is 0.247 e. The molecule has 0 saturated heterocycles. The molecule has 1 rings (SSSR count). The molecule has 4 nitrogen and oxygen atoms in total. The van der Waals surface area contributed by atoms with Crippen LogP contribution in [0.15, 0.2) is 35.3 Å². The molecule has 1 amide bonds. The van der Waals surface area contributed by atoms with Crippen molar-refractivity contribution in [3.05, 3.63) is 35.9 Å². The van der Waals surface area contributed by atoms with Crippen LogP contribution in [0.4, 0.5) is 0 Å². The van der Waals surface area contributed by atoms with Crippen LogP contribution in [0.3, 0.4) is 0 Å². The largest absolute Gasteiger partial charge is 0.335 e. The Balaban J connectivity index is 2.92. The first-order valence-electron chi connectivity index (χ1n) is 7.20. The van der Waals surface area contributed by atoms with Crippen LogP contribution >= 0.6 is 0 Å². The van der Waals surface area contributed by atoms with Crippen LogP contribution in [-0.2, 0) is 11.2 Å². The molecule has 0 aliphatic heterocycles. The number of hydrogen-bond donors (Lipinski definition) is 1. The van der Waals surface area contributed by atoms with Crippen molar-refractivity contribution < 1.29 is 4.79 Å². The molecule has 0 unspecified atom stereocenters. The highest BCUT2D eigenvalue weighted by Crippen LogP contribution is 2.14. The summed E-state index contributed by atoms with van der Waals surface area (Å²) in [5, 5.41) is 7.99. The second-order valence-corrected chi connectivity index (χ2v) is 5.71. The molecule has 0 radical (unpaired) electrons. The third-order valence-electron chi connectivity index (χ3n) is 3.67. The molecule has 1 aromatic carbocycles. The molecule has 0 aromatic heterocycles. The second-order valence-electron chi connectivity index (χ2n) is 5.71. The Morgan fingerprint density at radius 3 is 2.33 bits per heavy atom. The van der Waals surface area contributed by atoms with Crippen molar-refractivity contribution in [1.29, 1.82) is 5.41 Å². The van der Waals surface area contributed by atoms with Crippen LogP contribution in [0.1, 0.15) is 26.3 Å². The molecule has 0 aliphatic carbocycles. The fraction of sp³-hybridized carbons (Fsp3) is 0.471. The summed E-state index contributed by atoms with van der Waals surface area (Å²) < 4.78 is 0. The van der Waals surface area contributed by atoms with Crippen molar-refractivity contribution in [2.45, 2.75) is 39.3 Å². The Bertz CT molecular complexity index is 496. The number of nitrogens with zero attached hydrogens (tertiary/aromatic N) is 2. The Morgan fingerprint density at radius 2 is 1.90 bits per heavy atom. The first-order chi connectivity index (χ1) is 9.88. The molecule has 0 aliphatic rings. The van der Waals surface area contributed by atoms with Gasteiger partial charge in [0.05, 0.1) is 6.04 Å². The number of hydrogen-bond acceptors (Lipinski definition) is 3. The fourth-order valence-corrected chi connectivity index (χ4v) is 2.35. The van der Waals surface area contributed by atoms with E-state index in [-0.39, 0.29) is 17.9 Å². The first kappa shape index (κ1) is 17.1. The van der Waals surface area contributed by atoms with Gasteiger partial charge in [-0.05, 0) is 31.5 Å². The summed E-state index contributed by atoms with van der Waals surface area (Å²) in [7, 11) is 1.74. The predicted molar refractivity (Wildman–Crippen MR) is 88.3 cm³/mol. The van der Waals surface area contributed by atoms with Gasteiger partial charge in [0.15, 0.2) is 0 Å². The van der Waals surface area contributed by atoms with Gasteiger partial charge >= 0.3 is 0 Å². The molecule has 4 heteroatoms. The lowest BCUT2D eigenvalue weighted by Gasteiger charge is -2.31. The van der Waals surface area contributed by atoms with Crippen molar-refractivity contribution >= 4 is 18.3 Å². The maximum absolute atomic E-state index is 12.5. The van der Waals surface area contributed by atoms with Crippen LogP contribution < -0.4 is 0 Å². The summed E-state index contributed by atoms with van der Waals surface area (Å²) in [4.78, 5) is 18.1. The highest BCUT2D eigenvalue weighted by atomic mass is 16.2. The van der Waals surface area contributed by atoms with E-state index in [1.54, 1.807) is 18.9 Å². The van der Waals surface area contributed by atoms with Gasteiger partial charge in [-0.25, -0.2) is 0 Å². The molecule has 0 saturated carbocycles. The van der Waals surface area contributed by atoms with Gasteiger partial charge in [-0.1, -0.05) is 44.2 Å². The molecule has 0 fully saturated rings. The molecule has 114 valence electrons. The van der Waals surface area contributed by atoms with E-state index in [2.05, 4.69) is 11.7 Å². The van der Waals surface area contributed by atoms with E-state index in [1.165, 1.54) is 0 Å². The van der Waals surface area contributed by atoms with Crippen LogP contribution in [0.2, 0.25) is 0 Å². The topological polar surface area (TPSA) is 56.5 Å². The van der Waals surface area contributed by atoms with Crippen LogP contribution in [0.5, 0.6) is 0 Å². The lowest BCUT2D eigenvalue weighted by atomic mass is 9.98. The lowest BCUT2D eigenvalue weighted by Crippen LogP contribution is -2.47. The van der Waals surface area contributed by atoms with Gasteiger partial charge in [0.1, 0.15) is 6.04 Å². The maximum atomic E-state index is 12.5. The summed E-state index contributed by atoms with van der Waals surface area (Å²) in [6.45, 7) is 9.17. The van der Waals surface area contributed by atoms with Gasteiger partial charge in [-0.2, -0.15) is 0 Å². The smallest absolute Gasteiger partial charge is 0.247 e. The van der Waals surface area contributed by atoms with Crippen molar-refractivity contribution in [2.75, 3.05) is 7.05 Å². The SMILES string of the molecule is C=N[C@H](C(=O)N(C)[C@@H](Cc1ccccc1)C(C)=N)C(C)C. The molecule has 1 aromatic rings. The average molecular weight is 287 g/mol. The van der Waals surface area contributed by atoms with Crippen molar-refractivity contribution in [3.8, 4) is 0 Å². The normalized spacial score (nSPS) is 13.6. The summed E-state index contributed by atoms with van der Waals surface area (Å²) in [5.74, 6) is 0.0217. The number of amides is 1. The average Bonchev–Trinajstić information content (AvgIpc) is 2.45. The zero-order valence-corrected chi connectivity index (χ0v) is 13.3. The van der Waals surface area contributed by atoms with Gasteiger partial charge in [-0.15, -0.1) is 0 Å². The summed E-state index contributed by atoms with van der Waals surface area (Å²) in [5.41, 5.74) is 1.59. The number of rotatable bonds is 7. The lowest BCUT2D eigenvalue weighted by molar-refractivity contribution is -0.133. The minimum Gasteiger partial charge on any atom is -0.335 e. The van der Waals surface area contributed by atoms with Crippen LogP contribution in [-0.4, -0.2) is 42.4 Å². The summed E-state index contributed by atoms with van der Waals surface area (Å²) in [6, 6.07) is 9.22. The molecular formula is C17H25N3O. The van der Waals surface area contributed by atoms with E-state index in [9.17, 15) is 4.79 Å². The quantitative estimate of drug-likeness (QED) is 0.770. The third-order valence-corrected chi connectivity index (χ3v) is 3.67. The van der Waals surface area contributed by atoms with Gasteiger partial charge in [0, 0.05) is 12.8 Å². The van der Waals surface area contributed by atoms with Crippen molar-refractivity contribution in [2.24, 2.45) is 10.9 Å². The standard InChI is InChI=1S/C17H25N3O/c1-12(2)16(19-4)17(21)20(5)15(13(3)18)11-14-9-7-6-8-10-14/h6-10,12,15-16,18H,4,11H2,1-3,5H3/t15-,16-/m0/s1. The zero-order chi connectivity index (χ0) is 16.0. The van der Waals surface area contributed by atoms with Gasteiger partial charge in [0.2, 0.25) is 5.91 Å². The molecule has 0 bridgehead atoms. The minimum atomic E-state index is -0.451. The van der Waals surface area contributed by atoms with Gasteiger partial charge in [0.25, 0.3) is 0 Å². The van der Waals surface area contributed by atoms with Crippen molar-refractivity contribution in [1.82, 2.24) is 4.90 Å². The minimum absolute atomic E-state index is 0.0764. The van der Waals surface area contributed by atoms with Gasteiger partial charge in [-0.3, -0.25) is 9.79 Å².